The Bertz CT molecular complexity index is 807. The monoisotopic (exact) mass is 438 g/mol. The van der Waals surface area contributed by atoms with Crippen molar-refractivity contribution in [2.75, 3.05) is 13.2 Å². The molecule has 7 heteroatoms. The zero-order valence-corrected chi connectivity index (χ0v) is 19.2. The number of aryl methyl sites for hydroxylation is 1. The number of ether oxygens (including phenoxy) is 4. The predicted octanol–water partition coefficient (Wildman–Crippen LogP) is 5.32. The number of benzene rings is 2. The Labute approximate surface area is 179 Å². The second-order valence-corrected chi connectivity index (χ2v) is 7.98. The standard InChI is InChI=1S/C22H28ClO5P/c1-6-25-15(4)27-17-11-12-20(19(13-17)28-16(5)26-7-2)29-22(24)21-14(3)9-8-10-18(21)23/h8-13,15-16,29H,6-7H2,1-5H3. The molecule has 0 aliphatic heterocycles. The molecule has 0 aliphatic rings. The minimum Gasteiger partial charge on any atom is -0.465 e. The van der Waals surface area contributed by atoms with Gasteiger partial charge in [0.2, 0.25) is 0 Å². The lowest BCUT2D eigenvalue weighted by Gasteiger charge is -2.20. The van der Waals surface area contributed by atoms with Crippen LogP contribution in [0.1, 0.15) is 43.6 Å². The van der Waals surface area contributed by atoms with E-state index in [1.807, 2.05) is 58.9 Å². The SMILES string of the molecule is CCOC(C)Oc1ccc(PC(=O)c2c(C)cccc2Cl)c(OC(C)OCC)c1. The Morgan fingerprint density at radius 3 is 2.31 bits per heavy atom. The fourth-order valence-electron chi connectivity index (χ4n) is 2.79. The summed E-state index contributed by atoms with van der Waals surface area (Å²) in [6.07, 6.45) is -0.849. The Balaban J connectivity index is 2.29. The van der Waals surface area contributed by atoms with Crippen molar-refractivity contribution in [1.82, 2.24) is 0 Å². The van der Waals surface area contributed by atoms with Gasteiger partial charge in [-0.25, -0.2) is 0 Å². The van der Waals surface area contributed by atoms with Crippen LogP contribution in [0, 0.1) is 6.92 Å². The van der Waals surface area contributed by atoms with Gasteiger partial charge in [-0.2, -0.15) is 0 Å². The predicted molar refractivity (Wildman–Crippen MR) is 118 cm³/mol. The highest BCUT2D eigenvalue weighted by Crippen LogP contribution is 2.32. The summed E-state index contributed by atoms with van der Waals surface area (Å²) in [5, 5.41) is 1.22. The molecular formula is C22H28ClO5P. The van der Waals surface area contributed by atoms with Gasteiger partial charge in [-0.15, -0.1) is 0 Å². The van der Waals surface area contributed by atoms with Gasteiger partial charge in [0.1, 0.15) is 11.5 Å². The normalized spacial score (nSPS) is 13.4. The van der Waals surface area contributed by atoms with Crippen LogP contribution in [0.5, 0.6) is 11.5 Å². The van der Waals surface area contributed by atoms with Crippen LogP contribution in [0.25, 0.3) is 0 Å². The zero-order valence-electron chi connectivity index (χ0n) is 17.5. The molecule has 0 bridgehead atoms. The largest absolute Gasteiger partial charge is 0.465 e. The van der Waals surface area contributed by atoms with Crippen molar-refractivity contribution in [3.05, 3.63) is 52.5 Å². The Kier molecular flexibility index (Phi) is 9.38. The first-order chi connectivity index (χ1) is 13.8. The maximum Gasteiger partial charge on any atom is 0.196 e. The van der Waals surface area contributed by atoms with Gasteiger partial charge in [-0.3, -0.25) is 4.79 Å². The van der Waals surface area contributed by atoms with E-state index in [0.29, 0.717) is 35.3 Å². The summed E-state index contributed by atoms with van der Waals surface area (Å²) in [6.45, 7) is 10.4. The topological polar surface area (TPSA) is 54.0 Å². The highest BCUT2D eigenvalue weighted by molar-refractivity contribution is 7.66. The molecule has 5 nitrogen and oxygen atoms in total. The Morgan fingerprint density at radius 1 is 1.03 bits per heavy atom. The van der Waals surface area contributed by atoms with Gasteiger partial charge in [-0.1, -0.05) is 23.7 Å². The first kappa shape index (κ1) is 23.6. The smallest absolute Gasteiger partial charge is 0.196 e. The number of halogens is 1. The van der Waals surface area contributed by atoms with Crippen LogP contribution in [0.2, 0.25) is 5.02 Å². The van der Waals surface area contributed by atoms with Gasteiger partial charge in [0.25, 0.3) is 0 Å². The van der Waals surface area contributed by atoms with Gasteiger partial charge in [-0.05, 0) is 67.0 Å². The summed E-state index contributed by atoms with van der Waals surface area (Å²) in [5.74, 6) is 1.14. The average molecular weight is 439 g/mol. The Hall–Kier alpha value is -1.65. The van der Waals surface area contributed by atoms with Gasteiger partial charge in [0.15, 0.2) is 18.1 Å². The van der Waals surface area contributed by atoms with Crippen molar-refractivity contribution in [2.45, 2.75) is 47.2 Å². The van der Waals surface area contributed by atoms with E-state index in [4.69, 9.17) is 30.5 Å². The molecule has 0 aliphatic carbocycles. The van der Waals surface area contributed by atoms with Crippen LogP contribution >= 0.6 is 20.2 Å². The van der Waals surface area contributed by atoms with E-state index in [1.165, 1.54) is 0 Å². The zero-order chi connectivity index (χ0) is 21.4. The molecule has 0 N–H and O–H groups in total. The van der Waals surface area contributed by atoms with Crippen LogP contribution in [-0.2, 0) is 9.47 Å². The lowest BCUT2D eigenvalue weighted by Crippen LogP contribution is -2.20. The van der Waals surface area contributed by atoms with Crippen molar-refractivity contribution in [1.29, 1.82) is 0 Å². The molecular weight excluding hydrogens is 411 g/mol. The van der Waals surface area contributed by atoms with E-state index < -0.39 is 12.6 Å². The van der Waals surface area contributed by atoms with Crippen molar-refractivity contribution >= 4 is 31.0 Å². The van der Waals surface area contributed by atoms with Gasteiger partial charge in [0.05, 0.1) is 5.02 Å². The lowest BCUT2D eigenvalue weighted by molar-refractivity contribution is -0.0646. The molecule has 29 heavy (non-hydrogen) atoms. The maximum absolute atomic E-state index is 13.0. The highest BCUT2D eigenvalue weighted by atomic mass is 35.5. The molecule has 3 atom stereocenters. The van der Waals surface area contributed by atoms with Gasteiger partial charge in [0, 0.05) is 30.1 Å². The minimum atomic E-state index is -0.458. The molecule has 2 rings (SSSR count). The summed E-state index contributed by atoms with van der Waals surface area (Å²) < 4.78 is 22.6. The van der Waals surface area contributed by atoms with E-state index in [0.717, 1.165) is 10.9 Å². The summed E-state index contributed by atoms with van der Waals surface area (Å²) in [4.78, 5) is 13.0. The molecule has 0 saturated carbocycles. The fourth-order valence-corrected chi connectivity index (χ4v) is 4.30. The summed E-state index contributed by atoms with van der Waals surface area (Å²) in [5.41, 5.74) is 1.35. The number of carbonyl (C=O) groups excluding carboxylic acids is 1. The van der Waals surface area contributed by atoms with Crippen LogP contribution in [0.15, 0.2) is 36.4 Å². The molecule has 0 saturated heterocycles. The highest BCUT2D eigenvalue weighted by Gasteiger charge is 2.18. The fraction of sp³-hybridized carbons (Fsp3) is 0.409. The maximum atomic E-state index is 13.0. The van der Waals surface area contributed by atoms with Crippen LogP contribution in [0.3, 0.4) is 0 Å². The van der Waals surface area contributed by atoms with E-state index in [-0.39, 0.29) is 14.1 Å². The molecule has 0 radical (unpaired) electrons. The van der Waals surface area contributed by atoms with E-state index in [9.17, 15) is 4.79 Å². The molecule has 0 amide bonds. The number of carbonyl (C=O) groups is 1. The van der Waals surface area contributed by atoms with Crippen molar-refractivity contribution in [3.8, 4) is 11.5 Å². The molecule has 0 spiro atoms. The van der Waals surface area contributed by atoms with Gasteiger partial charge >= 0.3 is 0 Å². The summed E-state index contributed by atoms with van der Waals surface area (Å²) in [7, 11) is -0.149. The van der Waals surface area contributed by atoms with Crippen molar-refractivity contribution in [3.63, 3.8) is 0 Å². The summed E-state index contributed by atoms with van der Waals surface area (Å²) >= 11 is 6.27. The van der Waals surface area contributed by atoms with Crippen molar-refractivity contribution < 1.29 is 23.7 Å². The molecule has 2 aromatic rings. The number of hydrogen-bond acceptors (Lipinski definition) is 5. The molecule has 0 fully saturated rings. The third-order valence-corrected chi connectivity index (χ3v) is 5.52. The van der Waals surface area contributed by atoms with Crippen LogP contribution < -0.4 is 14.8 Å². The quantitative estimate of drug-likeness (QED) is 0.351. The molecule has 2 aromatic carbocycles. The van der Waals surface area contributed by atoms with Crippen molar-refractivity contribution in [2.24, 2.45) is 0 Å². The second kappa shape index (κ2) is 11.5. The first-order valence-corrected chi connectivity index (χ1v) is 11.0. The third-order valence-electron chi connectivity index (χ3n) is 4.05. The summed E-state index contributed by atoms with van der Waals surface area (Å²) in [6, 6.07) is 10.9. The molecule has 3 unspecified atom stereocenters. The third kappa shape index (κ3) is 6.97. The van der Waals surface area contributed by atoms with Crippen LogP contribution in [0.4, 0.5) is 0 Å². The average Bonchev–Trinajstić information content (AvgIpc) is 2.64. The number of hydrogen-bond donors (Lipinski definition) is 0. The second-order valence-electron chi connectivity index (χ2n) is 6.33. The molecule has 0 heterocycles. The molecule has 158 valence electrons. The van der Waals surface area contributed by atoms with Gasteiger partial charge < -0.3 is 18.9 Å². The van der Waals surface area contributed by atoms with E-state index in [2.05, 4.69) is 0 Å². The minimum absolute atomic E-state index is 0.0432. The lowest BCUT2D eigenvalue weighted by atomic mass is 10.1. The molecule has 0 aromatic heterocycles. The van der Waals surface area contributed by atoms with E-state index in [1.54, 1.807) is 12.1 Å². The Morgan fingerprint density at radius 2 is 1.69 bits per heavy atom. The van der Waals surface area contributed by atoms with E-state index >= 15 is 0 Å². The number of rotatable bonds is 11. The first-order valence-electron chi connectivity index (χ1n) is 9.62. The van der Waals surface area contributed by atoms with Crippen LogP contribution in [-0.4, -0.2) is 31.3 Å².